The second kappa shape index (κ2) is 5.88. The van der Waals surface area contributed by atoms with E-state index >= 15 is 0 Å². The summed E-state index contributed by atoms with van der Waals surface area (Å²) in [6, 6.07) is 9.41. The molecule has 2 aliphatic rings. The maximum absolute atomic E-state index is 13.0. The number of ketones is 1. The van der Waals surface area contributed by atoms with Crippen molar-refractivity contribution in [2.75, 3.05) is 10.6 Å². The summed E-state index contributed by atoms with van der Waals surface area (Å²) in [5.74, 6) is 0.187. The van der Waals surface area contributed by atoms with Crippen LogP contribution in [-0.2, 0) is 4.79 Å². The van der Waals surface area contributed by atoms with Gasteiger partial charge >= 0.3 is 0 Å². The molecule has 0 bridgehead atoms. The first-order chi connectivity index (χ1) is 11.9. The van der Waals surface area contributed by atoms with E-state index in [2.05, 4.69) is 29.5 Å². The van der Waals surface area contributed by atoms with E-state index in [9.17, 15) is 4.79 Å². The summed E-state index contributed by atoms with van der Waals surface area (Å²) in [6.45, 7) is 4.27. The van der Waals surface area contributed by atoms with E-state index in [0.29, 0.717) is 11.4 Å². The third kappa shape index (κ3) is 3.02. The van der Waals surface area contributed by atoms with E-state index in [1.54, 1.807) is 12.4 Å². The average molecular weight is 354 g/mol. The van der Waals surface area contributed by atoms with Crippen LogP contribution in [0.25, 0.3) is 0 Å². The van der Waals surface area contributed by atoms with Gasteiger partial charge in [-0.05, 0) is 35.6 Å². The Labute approximate surface area is 152 Å². The molecule has 1 aromatic heterocycles. The number of allylic oxidation sites excluding steroid dienone is 1. The van der Waals surface area contributed by atoms with E-state index in [1.807, 2.05) is 30.3 Å². The third-order valence-corrected chi connectivity index (χ3v) is 5.07. The molecule has 4 rings (SSSR count). The van der Waals surface area contributed by atoms with E-state index < -0.39 is 0 Å². The number of fused-ring (bicyclic) bond motifs is 1. The van der Waals surface area contributed by atoms with Gasteiger partial charge in [-0.15, -0.1) is 0 Å². The Kier molecular flexibility index (Phi) is 3.80. The minimum Gasteiger partial charge on any atom is -0.372 e. The van der Waals surface area contributed by atoms with Gasteiger partial charge in [0.05, 0.1) is 23.6 Å². The number of aromatic nitrogens is 1. The fourth-order valence-electron chi connectivity index (χ4n) is 3.70. The van der Waals surface area contributed by atoms with Crippen molar-refractivity contribution in [1.82, 2.24) is 4.98 Å². The first-order valence-corrected chi connectivity index (χ1v) is 8.80. The molecule has 5 heteroatoms. The summed E-state index contributed by atoms with van der Waals surface area (Å²) in [5, 5.41) is 7.68. The van der Waals surface area contributed by atoms with Gasteiger partial charge in [0.2, 0.25) is 0 Å². The molecule has 0 spiro atoms. The van der Waals surface area contributed by atoms with Crippen LogP contribution in [-0.4, -0.2) is 10.8 Å². The quantitative estimate of drug-likeness (QED) is 0.761. The monoisotopic (exact) mass is 353 g/mol. The number of benzene rings is 1. The highest BCUT2D eigenvalue weighted by molar-refractivity contribution is 6.30. The van der Waals surface area contributed by atoms with Crippen molar-refractivity contribution in [3.8, 4) is 0 Å². The molecule has 0 saturated heterocycles. The van der Waals surface area contributed by atoms with Crippen LogP contribution in [0.1, 0.15) is 38.3 Å². The van der Waals surface area contributed by atoms with Crippen molar-refractivity contribution in [2.24, 2.45) is 5.41 Å². The number of anilines is 2. The number of hydrogen-bond acceptors (Lipinski definition) is 4. The molecule has 25 heavy (non-hydrogen) atoms. The molecule has 1 aliphatic heterocycles. The standard InChI is InChI=1S/C20H20ClN3O/c1-20(2)9-15-18(17(25)10-20)19(12-3-5-13(21)6-4-12)24-14-7-8-22-11-16(14)23-15/h3-8,11,19,23-24H,9-10H2,1-2H3. The highest BCUT2D eigenvalue weighted by Gasteiger charge is 2.38. The molecular formula is C20H20ClN3O. The van der Waals surface area contributed by atoms with E-state index in [1.165, 1.54) is 0 Å². The lowest BCUT2D eigenvalue weighted by molar-refractivity contribution is -0.118. The molecule has 4 nitrogen and oxygen atoms in total. The van der Waals surface area contributed by atoms with Gasteiger partial charge in [0.1, 0.15) is 0 Å². The summed E-state index contributed by atoms with van der Waals surface area (Å²) >= 11 is 6.05. The molecule has 0 radical (unpaired) electrons. The van der Waals surface area contributed by atoms with Crippen molar-refractivity contribution in [2.45, 2.75) is 32.7 Å². The van der Waals surface area contributed by atoms with Crippen LogP contribution in [0, 0.1) is 5.41 Å². The molecular weight excluding hydrogens is 334 g/mol. The number of halogens is 1. The van der Waals surface area contributed by atoms with E-state index in [0.717, 1.165) is 34.6 Å². The largest absolute Gasteiger partial charge is 0.372 e. The number of Topliss-reactive ketones (excluding diaryl/α,β-unsaturated/α-hetero) is 1. The Bertz CT molecular complexity index is 871. The van der Waals surface area contributed by atoms with Gasteiger partial charge in [-0.3, -0.25) is 9.78 Å². The number of hydrogen-bond donors (Lipinski definition) is 2. The fraction of sp³-hybridized carbons (Fsp3) is 0.300. The van der Waals surface area contributed by atoms with Gasteiger partial charge in [0, 0.05) is 28.9 Å². The van der Waals surface area contributed by atoms with Crippen LogP contribution in [0.3, 0.4) is 0 Å². The summed E-state index contributed by atoms with van der Waals surface area (Å²) in [6.07, 6.45) is 4.92. The lowest BCUT2D eigenvalue weighted by Gasteiger charge is -2.34. The molecule has 2 aromatic rings. The zero-order chi connectivity index (χ0) is 17.6. The van der Waals surface area contributed by atoms with Gasteiger partial charge in [-0.25, -0.2) is 0 Å². The topological polar surface area (TPSA) is 54.0 Å². The Morgan fingerprint density at radius 2 is 1.88 bits per heavy atom. The predicted octanol–water partition coefficient (Wildman–Crippen LogP) is 4.96. The number of rotatable bonds is 1. The van der Waals surface area contributed by atoms with Crippen LogP contribution in [0.4, 0.5) is 11.4 Å². The second-order valence-corrected chi connectivity index (χ2v) is 7.94. The Morgan fingerprint density at radius 1 is 1.12 bits per heavy atom. The van der Waals surface area contributed by atoms with Crippen molar-refractivity contribution in [1.29, 1.82) is 0 Å². The minimum atomic E-state index is -0.202. The number of carbonyl (C=O) groups is 1. The molecule has 128 valence electrons. The lowest BCUT2D eigenvalue weighted by atomic mass is 9.73. The van der Waals surface area contributed by atoms with Crippen molar-refractivity contribution in [3.05, 3.63) is 64.6 Å². The van der Waals surface area contributed by atoms with Crippen LogP contribution in [0.5, 0.6) is 0 Å². The Morgan fingerprint density at radius 3 is 2.64 bits per heavy atom. The summed E-state index contributed by atoms with van der Waals surface area (Å²) in [5.41, 5.74) is 4.61. The molecule has 0 saturated carbocycles. The SMILES string of the molecule is CC1(C)CC(=O)C2=C(C1)Nc1cnccc1NC2c1ccc(Cl)cc1. The first kappa shape index (κ1) is 16.2. The zero-order valence-electron chi connectivity index (χ0n) is 14.3. The normalized spacial score (nSPS) is 21.6. The van der Waals surface area contributed by atoms with E-state index in [-0.39, 0.29) is 17.2 Å². The van der Waals surface area contributed by atoms with Crippen molar-refractivity contribution in [3.63, 3.8) is 0 Å². The molecule has 1 atom stereocenters. The molecule has 1 aromatic carbocycles. The van der Waals surface area contributed by atoms with Crippen LogP contribution < -0.4 is 10.6 Å². The number of pyridine rings is 1. The van der Waals surface area contributed by atoms with Crippen molar-refractivity contribution < 1.29 is 4.79 Å². The number of carbonyl (C=O) groups excluding carboxylic acids is 1. The summed E-state index contributed by atoms with van der Waals surface area (Å²) in [4.78, 5) is 17.2. The highest BCUT2D eigenvalue weighted by atomic mass is 35.5. The molecule has 2 heterocycles. The van der Waals surface area contributed by atoms with Gasteiger partial charge in [-0.2, -0.15) is 0 Å². The highest BCUT2D eigenvalue weighted by Crippen LogP contribution is 2.45. The summed E-state index contributed by atoms with van der Waals surface area (Å²) < 4.78 is 0. The first-order valence-electron chi connectivity index (χ1n) is 8.42. The maximum Gasteiger partial charge on any atom is 0.163 e. The Hall–Kier alpha value is -2.33. The molecule has 2 N–H and O–H groups in total. The smallest absolute Gasteiger partial charge is 0.163 e. The van der Waals surface area contributed by atoms with Crippen LogP contribution >= 0.6 is 11.6 Å². The van der Waals surface area contributed by atoms with E-state index in [4.69, 9.17) is 11.6 Å². The van der Waals surface area contributed by atoms with Crippen LogP contribution in [0.15, 0.2) is 54.0 Å². The third-order valence-electron chi connectivity index (χ3n) is 4.82. The Balaban J connectivity index is 1.88. The number of nitrogens with one attached hydrogen (secondary N) is 2. The maximum atomic E-state index is 13.0. The lowest BCUT2D eigenvalue weighted by Crippen LogP contribution is -2.31. The molecule has 1 unspecified atom stereocenters. The fourth-order valence-corrected chi connectivity index (χ4v) is 3.82. The summed E-state index contributed by atoms with van der Waals surface area (Å²) in [7, 11) is 0. The molecule has 0 amide bonds. The number of nitrogens with zero attached hydrogens (tertiary/aromatic N) is 1. The van der Waals surface area contributed by atoms with Gasteiger partial charge < -0.3 is 10.6 Å². The van der Waals surface area contributed by atoms with Gasteiger partial charge in [0.15, 0.2) is 5.78 Å². The average Bonchev–Trinajstić information content (AvgIpc) is 2.70. The predicted molar refractivity (Wildman–Crippen MR) is 101 cm³/mol. The van der Waals surface area contributed by atoms with Gasteiger partial charge in [0.25, 0.3) is 0 Å². The van der Waals surface area contributed by atoms with Crippen LogP contribution in [0.2, 0.25) is 5.02 Å². The second-order valence-electron chi connectivity index (χ2n) is 7.51. The zero-order valence-corrected chi connectivity index (χ0v) is 15.0. The molecule has 1 aliphatic carbocycles. The molecule has 0 fully saturated rings. The minimum absolute atomic E-state index is 0.0554. The van der Waals surface area contributed by atoms with Gasteiger partial charge in [-0.1, -0.05) is 37.6 Å². The van der Waals surface area contributed by atoms with Crippen molar-refractivity contribution >= 4 is 28.8 Å².